The van der Waals surface area contributed by atoms with Crippen molar-refractivity contribution in [3.05, 3.63) is 16.8 Å². The smallest absolute Gasteiger partial charge is 0.239 e. The second kappa shape index (κ2) is 7.68. The van der Waals surface area contributed by atoms with E-state index in [0.29, 0.717) is 37.3 Å². The molecule has 0 bridgehead atoms. The van der Waals surface area contributed by atoms with Crippen LogP contribution in [0.2, 0.25) is 5.15 Å². The molecule has 3 heterocycles. The van der Waals surface area contributed by atoms with Crippen LogP contribution in [0.1, 0.15) is 30.9 Å². The molecule has 128 valence electrons. The minimum absolute atomic E-state index is 0.0149. The zero-order chi connectivity index (χ0) is 16.2. The molecule has 23 heavy (non-hydrogen) atoms. The van der Waals surface area contributed by atoms with Crippen molar-refractivity contribution < 1.29 is 18.3 Å². The molecule has 0 saturated carbocycles. The van der Waals surface area contributed by atoms with Gasteiger partial charge in [0.05, 0.1) is 19.8 Å². The summed E-state index contributed by atoms with van der Waals surface area (Å²) in [6.07, 6.45) is -0.884. The Kier molecular flexibility index (Phi) is 5.61. The van der Waals surface area contributed by atoms with Crippen LogP contribution in [-0.4, -0.2) is 49.5 Å². The SMILES string of the molecule is FC(F)CC1CCCN(c2cc(C3COCCO3)c(Cl)nn2)C1. The van der Waals surface area contributed by atoms with Gasteiger partial charge >= 0.3 is 0 Å². The van der Waals surface area contributed by atoms with Crippen LogP contribution in [0.3, 0.4) is 0 Å². The molecule has 2 aliphatic rings. The molecule has 1 aromatic rings. The molecule has 3 rings (SSSR count). The van der Waals surface area contributed by atoms with Crippen molar-refractivity contribution in [3.8, 4) is 0 Å². The average Bonchev–Trinajstić information content (AvgIpc) is 2.56. The lowest BCUT2D eigenvalue weighted by Gasteiger charge is -2.33. The summed E-state index contributed by atoms with van der Waals surface area (Å²) in [6, 6.07) is 1.85. The molecular weight excluding hydrogens is 328 g/mol. The number of aromatic nitrogens is 2. The number of anilines is 1. The Balaban J connectivity index is 1.74. The molecular formula is C15H20ClF2N3O2. The highest BCUT2D eigenvalue weighted by molar-refractivity contribution is 6.30. The summed E-state index contributed by atoms with van der Waals surface area (Å²) >= 11 is 6.14. The maximum absolute atomic E-state index is 12.6. The van der Waals surface area contributed by atoms with Gasteiger partial charge < -0.3 is 14.4 Å². The number of hydrogen-bond donors (Lipinski definition) is 0. The summed E-state index contributed by atoms with van der Waals surface area (Å²) in [5, 5.41) is 8.43. The van der Waals surface area contributed by atoms with Crippen LogP contribution in [0.4, 0.5) is 14.6 Å². The lowest BCUT2D eigenvalue weighted by Crippen LogP contribution is -2.37. The van der Waals surface area contributed by atoms with Crippen molar-refractivity contribution in [2.75, 3.05) is 37.8 Å². The van der Waals surface area contributed by atoms with Crippen LogP contribution in [0.25, 0.3) is 0 Å². The first kappa shape index (κ1) is 16.8. The van der Waals surface area contributed by atoms with Crippen LogP contribution >= 0.6 is 11.6 Å². The second-order valence-electron chi connectivity index (χ2n) is 5.96. The van der Waals surface area contributed by atoms with Gasteiger partial charge in [-0.25, -0.2) is 8.78 Å². The van der Waals surface area contributed by atoms with E-state index in [0.717, 1.165) is 24.9 Å². The van der Waals surface area contributed by atoms with E-state index in [9.17, 15) is 8.78 Å². The molecule has 0 N–H and O–H groups in total. The van der Waals surface area contributed by atoms with E-state index in [2.05, 4.69) is 10.2 Å². The Morgan fingerprint density at radius 1 is 1.35 bits per heavy atom. The number of hydrogen-bond acceptors (Lipinski definition) is 5. The van der Waals surface area contributed by atoms with Crippen LogP contribution in [0.5, 0.6) is 0 Å². The Morgan fingerprint density at radius 2 is 2.22 bits per heavy atom. The van der Waals surface area contributed by atoms with Crippen LogP contribution in [-0.2, 0) is 9.47 Å². The van der Waals surface area contributed by atoms with Gasteiger partial charge in [0.25, 0.3) is 0 Å². The molecule has 0 spiro atoms. The number of halogens is 3. The summed E-state index contributed by atoms with van der Waals surface area (Å²) in [7, 11) is 0. The van der Waals surface area contributed by atoms with E-state index >= 15 is 0 Å². The molecule has 1 aromatic heterocycles. The average molecular weight is 348 g/mol. The first-order valence-electron chi connectivity index (χ1n) is 7.89. The number of alkyl halides is 2. The van der Waals surface area contributed by atoms with Gasteiger partial charge in [-0.05, 0) is 24.8 Å². The highest BCUT2D eigenvalue weighted by Crippen LogP contribution is 2.31. The Morgan fingerprint density at radius 3 is 2.96 bits per heavy atom. The van der Waals surface area contributed by atoms with Gasteiger partial charge in [-0.15, -0.1) is 10.2 Å². The third kappa shape index (κ3) is 4.28. The van der Waals surface area contributed by atoms with Crippen molar-refractivity contribution in [1.29, 1.82) is 0 Å². The normalized spacial score (nSPS) is 25.8. The van der Waals surface area contributed by atoms with Crippen LogP contribution in [0.15, 0.2) is 6.07 Å². The van der Waals surface area contributed by atoms with E-state index in [4.69, 9.17) is 21.1 Å². The Labute approximate surface area is 138 Å². The van der Waals surface area contributed by atoms with Gasteiger partial charge in [0.15, 0.2) is 11.0 Å². The highest BCUT2D eigenvalue weighted by atomic mass is 35.5. The van der Waals surface area contributed by atoms with E-state index in [1.54, 1.807) is 0 Å². The minimum Gasteiger partial charge on any atom is -0.376 e. The van der Waals surface area contributed by atoms with Crippen LogP contribution < -0.4 is 4.90 Å². The van der Waals surface area contributed by atoms with E-state index in [-0.39, 0.29) is 18.4 Å². The van der Waals surface area contributed by atoms with Gasteiger partial charge in [-0.2, -0.15) is 0 Å². The molecule has 2 unspecified atom stereocenters. The standard InChI is InChI=1S/C15H20ClF2N3O2/c16-15-11(12-9-22-4-5-23-12)7-14(19-20-15)21-3-1-2-10(8-21)6-13(17)18/h7,10,12-13H,1-6,8-9H2. The molecule has 0 amide bonds. The highest BCUT2D eigenvalue weighted by Gasteiger charge is 2.26. The second-order valence-corrected chi connectivity index (χ2v) is 6.32. The lowest BCUT2D eigenvalue weighted by molar-refractivity contribution is -0.0902. The van der Waals surface area contributed by atoms with Crippen molar-refractivity contribution in [2.24, 2.45) is 5.92 Å². The van der Waals surface area contributed by atoms with Crippen LogP contribution in [0, 0.1) is 5.92 Å². The molecule has 0 aromatic carbocycles. The lowest BCUT2D eigenvalue weighted by atomic mass is 9.95. The van der Waals surface area contributed by atoms with Gasteiger partial charge in [0.2, 0.25) is 6.43 Å². The first-order valence-corrected chi connectivity index (χ1v) is 8.27. The monoisotopic (exact) mass is 347 g/mol. The summed E-state index contributed by atoms with van der Waals surface area (Å²) in [6.45, 7) is 2.87. The van der Waals surface area contributed by atoms with E-state index < -0.39 is 6.43 Å². The Bertz CT molecular complexity index is 529. The van der Waals surface area contributed by atoms with Gasteiger partial charge in [0.1, 0.15) is 6.10 Å². The molecule has 0 aliphatic carbocycles. The van der Waals surface area contributed by atoms with Gasteiger partial charge in [0, 0.05) is 25.1 Å². The predicted octanol–water partition coefficient (Wildman–Crippen LogP) is 3.09. The fraction of sp³-hybridized carbons (Fsp3) is 0.733. The van der Waals surface area contributed by atoms with E-state index in [1.165, 1.54) is 0 Å². The largest absolute Gasteiger partial charge is 0.376 e. The molecule has 8 heteroatoms. The molecule has 2 saturated heterocycles. The predicted molar refractivity (Wildman–Crippen MR) is 82.1 cm³/mol. The Hall–Kier alpha value is -1.05. The topological polar surface area (TPSA) is 47.5 Å². The number of piperidine rings is 1. The summed E-state index contributed by atoms with van der Waals surface area (Å²) in [5.74, 6) is 0.650. The number of nitrogens with zero attached hydrogens (tertiary/aromatic N) is 3. The maximum atomic E-state index is 12.6. The van der Waals surface area contributed by atoms with Gasteiger partial charge in [-0.3, -0.25) is 0 Å². The van der Waals surface area contributed by atoms with Crippen molar-refractivity contribution in [1.82, 2.24) is 10.2 Å². The van der Waals surface area contributed by atoms with E-state index in [1.807, 2.05) is 11.0 Å². The zero-order valence-corrected chi connectivity index (χ0v) is 13.5. The zero-order valence-electron chi connectivity index (χ0n) is 12.8. The summed E-state index contributed by atoms with van der Waals surface area (Å²) < 4.78 is 36.3. The molecule has 0 radical (unpaired) electrons. The van der Waals surface area contributed by atoms with Crippen molar-refractivity contribution in [2.45, 2.75) is 31.8 Å². The third-order valence-electron chi connectivity index (χ3n) is 4.28. The molecule has 2 atom stereocenters. The minimum atomic E-state index is -2.26. The maximum Gasteiger partial charge on any atom is 0.239 e. The quantitative estimate of drug-likeness (QED) is 0.837. The third-order valence-corrected chi connectivity index (χ3v) is 4.57. The van der Waals surface area contributed by atoms with Crippen molar-refractivity contribution >= 4 is 17.4 Å². The van der Waals surface area contributed by atoms with Gasteiger partial charge in [-0.1, -0.05) is 11.6 Å². The molecule has 2 aliphatic heterocycles. The fourth-order valence-electron chi connectivity index (χ4n) is 3.15. The number of rotatable bonds is 4. The molecule has 5 nitrogen and oxygen atoms in total. The first-order chi connectivity index (χ1) is 11.1. The summed E-state index contributed by atoms with van der Waals surface area (Å²) in [4.78, 5) is 2.01. The fourth-order valence-corrected chi connectivity index (χ4v) is 3.36. The summed E-state index contributed by atoms with van der Waals surface area (Å²) in [5.41, 5.74) is 0.743. The van der Waals surface area contributed by atoms with Crippen molar-refractivity contribution in [3.63, 3.8) is 0 Å². The molecule has 2 fully saturated rings. The number of ether oxygens (including phenoxy) is 2.